The van der Waals surface area contributed by atoms with E-state index in [1.165, 1.54) is 12.1 Å². The Bertz CT molecular complexity index is 500. The molecule has 1 atom stereocenters. The van der Waals surface area contributed by atoms with Crippen LogP contribution in [-0.2, 0) is 14.9 Å². The van der Waals surface area contributed by atoms with Gasteiger partial charge in [0, 0.05) is 38.2 Å². The largest absolute Gasteiger partial charge is 0.380 e. The molecule has 1 aromatic rings. The molecule has 2 aliphatic rings. The Kier molecular flexibility index (Phi) is 4.74. The maximum Gasteiger partial charge on any atom is 0.209 e. The number of nitrogens with zero attached hydrogens (tertiary/aromatic N) is 2. The summed E-state index contributed by atoms with van der Waals surface area (Å²) >= 11 is 0. The molecular weight excluding hydrogens is 283 g/mol. The monoisotopic (exact) mass is 306 g/mol. The third kappa shape index (κ3) is 3.31. The maximum absolute atomic E-state index is 13.2. The van der Waals surface area contributed by atoms with Crippen LogP contribution >= 0.6 is 0 Å². The molecule has 0 saturated carbocycles. The fraction of sp³-hybridized carbons (Fsp3) is 0.588. The first-order valence-electron chi connectivity index (χ1n) is 7.97. The zero-order valence-corrected chi connectivity index (χ0v) is 12.8. The molecule has 1 unspecified atom stereocenters. The SMILES string of the molecule is O=CN1CCCN(CC2(c3ccc(F)cc3)CCOC2)CC1. The minimum absolute atomic E-state index is 0.0515. The lowest BCUT2D eigenvalue weighted by Crippen LogP contribution is -2.43. The summed E-state index contributed by atoms with van der Waals surface area (Å²) in [5.74, 6) is -0.200. The number of carbonyl (C=O) groups is 1. The van der Waals surface area contributed by atoms with E-state index in [1.807, 2.05) is 17.0 Å². The highest BCUT2D eigenvalue weighted by atomic mass is 19.1. The van der Waals surface area contributed by atoms with Gasteiger partial charge in [-0.3, -0.25) is 4.79 Å². The highest BCUT2D eigenvalue weighted by molar-refractivity contribution is 5.46. The van der Waals surface area contributed by atoms with Crippen LogP contribution in [0, 0.1) is 5.82 Å². The van der Waals surface area contributed by atoms with E-state index >= 15 is 0 Å². The second-order valence-corrected chi connectivity index (χ2v) is 6.36. The molecule has 120 valence electrons. The van der Waals surface area contributed by atoms with Crippen LogP contribution in [0.5, 0.6) is 0 Å². The third-order valence-electron chi connectivity index (χ3n) is 4.86. The first kappa shape index (κ1) is 15.4. The van der Waals surface area contributed by atoms with Crippen LogP contribution in [0.1, 0.15) is 18.4 Å². The van der Waals surface area contributed by atoms with Gasteiger partial charge in [0.1, 0.15) is 5.82 Å². The fourth-order valence-corrected chi connectivity index (χ4v) is 3.54. The molecule has 0 radical (unpaired) electrons. The van der Waals surface area contributed by atoms with Gasteiger partial charge in [-0.2, -0.15) is 0 Å². The van der Waals surface area contributed by atoms with Crippen LogP contribution in [0.25, 0.3) is 0 Å². The van der Waals surface area contributed by atoms with Crippen molar-refractivity contribution >= 4 is 6.41 Å². The Morgan fingerprint density at radius 2 is 2.00 bits per heavy atom. The number of benzene rings is 1. The molecule has 1 aromatic carbocycles. The van der Waals surface area contributed by atoms with Crippen LogP contribution in [0.3, 0.4) is 0 Å². The van der Waals surface area contributed by atoms with Crippen molar-refractivity contribution in [1.29, 1.82) is 0 Å². The Hall–Kier alpha value is -1.46. The molecule has 0 bridgehead atoms. The van der Waals surface area contributed by atoms with E-state index in [9.17, 15) is 9.18 Å². The number of ether oxygens (including phenoxy) is 1. The van der Waals surface area contributed by atoms with Gasteiger partial charge >= 0.3 is 0 Å². The summed E-state index contributed by atoms with van der Waals surface area (Å²) in [6, 6.07) is 6.84. The van der Waals surface area contributed by atoms with Gasteiger partial charge in [-0.05, 0) is 37.1 Å². The normalized spacial score (nSPS) is 26.9. The molecule has 2 aliphatic heterocycles. The van der Waals surface area contributed by atoms with Crippen LogP contribution in [0.15, 0.2) is 24.3 Å². The lowest BCUT2D eigenvalue weighted by Gasteiger charge is -2.34. The van der Waals surface area contributed by atoms with E-state index in [-0.39, 0.29) is 11.2 Å². The predicted molar refractivity (Wildman–Crippen MR) is 82.2 cm³/mol. The molecule has 1 amide bonds. The Labute approximate surface area is 130 Å². The van der Waals surface area contributed by atoms with E-state index in [0.717, 1.165) is 64.1 Å². The van der Waals surface area contributed by atoms with Gasteiger partial charge in [0.05, 0.1) is 6.61 Å². The van der Waals surface area contributed by atoms with Gasteiger partial charge in [0.15, 0.2) is 0 Å². The average molecular weight is 306 g/mol. The van der Waals surface area contributed by atoms with Gasteiger partial charge < -0.3 is 14.5 Å². The van der Waals surface area contributed by atoms with Crippen LogP contribution in [-0.4, -0.2) is 62.1 Å². The number of halogens is 1. The van der Waals surface area contributed by atoms with E-state index in [0.29, 0.717) is 6.61 Å². The number of hydrogen-bond acceptors (Lipinski definition) is 3. The van der Waals surface area contributed by atoms with Crippen molar-refractivity contribution in [3.8, 4) is 0 Å². The Balaban J connectivity index is 1.74. The lowest BCUT2D eigenvalue weighted by atomic mass is 9.79. The summed E-state index contributed by atoms with van der Waals surface area (Å²) in [5.41, 5.74) is 1.10. The van der Waals surface area contributed by atoms with Gasteiger partial charge in [-0.1, -0.05) is 12.1 Å². The summed E-state index contributed by atoms with van der Waals surface area (Å²) < 4.78 is 18.9. The molecule has 0 spiro atoms. The number of carbonyl (C=O) groups excluding carboxylic acids is 1. The van der Waals surface area contributed by atoms with Crippen LogP contribution in [0.4, 0.5) is 4.39 Å². The van der Waals surface area contributed by atoms with Crippen molar-refractivity contribution < 1.29 is 13.9 Å². The molecular formula is C17H23FN2O2. The average Bonchev–Trinajstić information content (AvgIpc) is 2.89. The molecule has 0 aliphatic carbocycles. The standard InChI is InChI=1S/C17H23FN2O2/c18-16-4-2-15(3-5-16)17(6-11-22-13-17)12-19-7-1-8-20(14-21)10-9-19/h2-5,14H,1,6-13H2. The minimum Gasteiger partial charge on any atom is -0.380 e. The van der Waals surface area contributed by atoms with Crippen LogP contribution < -0.4 is 0 Å². The van der Waals surface area contributed by atoms with E-state index in [4.69, 9.17) is 4.74 Å². The molecule has 4 nitrogen and oxygen atoms in total. The van der Waals surface area contributed by atoms with Gasteiger partial charge in [-0.15, -0.1) is 0 Å². The first-order chi connectivity index (χ1) is 10.7. The number of amides is 1. The molecule has 2 saturated heterocycles. The van der Waals surface area contributed by atoms with Gasteiger partial charge in [-0.25, -0.2) is 4.39 Å². The molecule has 5 heteroatoms. The Morgan fingerprint density at radius 3 is 2.68 bits per heavy atom. The van der Waals surface area contributed by atoms with E-state index in [2.05, 4.69) is 4.90 Å². The van der Waals surface area contributed by atoms with Crippen molar-refractivity contribution in [2.45, 2.75) is 18.3 Å². The second kappa shape index (κ2) is 6.75. The number of rotatable bonds is 4. The number of hydrogen-bond donors (Lipinski definition) is 0. The fourth-order valence-electron chi connectivity index (χ4n) is 3.54. The summed E-state index contributed by atoms with van der Waals surface area (Å²) in [7, 11) is 0. The zero-order valence-electron chi connectivity index (χ0n) is 12.8. The molecule has 2 fully saturated rings. The quantitative estimate of drug-likeness (QED) is 0.793. The molecule has 2 heterocycles. The molecule has 3 rings (SSSR count). The summed E-state index contributed by atoms with van der Waals surface area (Å²) in [5, 5.41) is 0. The highest BCUT2D eigenvalue weighted by Gasteiger charge is 2.38. The molecule has 22 heavy (non-hydrogen) atoms. The van der Waals surface area contributed by atoms with Crippen molar-refractivity contribution in [2.24, 2.45) is 0 Å². The first-order valence-corrected chi connectivity index (χ1v) is 7.97. The zero-order chi connectivity index (χ0) is 15.4. The smallest absolute Gasteiger partial charge is 0.209 e. The van der Waals surface area contributed by atoms with Crippen molar-refractivity contribution in [2.75, 3.05) is 45.9 Å². The van der Waals surface area contributed by atoms with E-state index < -0.39 is 0 Å². The van der Waals surface area contributed by atoms with Crippen molar-refractivity contribution in [3.63, 3.8) is 0 Å². The lowest BCUT2D eigenvalue weighted by molar-refractivity contribution is -0.118. The Morgan fingerprint density at radius 1 is 1.18 bits per heavy atom. The van der Waals surface area contributed by atoms with Crippen LogP contribution in [0.2, 0.25) is 0 Å². The third-order valence-corrected chi connectivity index (χ3v) is 4.86. The molecule has 0 aromatic heterocycles. The second-order valence-electron chi connectivity index (χ2n) is 6.36. The summed E-state index contributed by atoms with van der Waals surface area (Å²) in [6.45, 7) is 5.85. The van der Waals surface area contributed by atoms with E-state index in [1.54, 1.807) is 0 Å². The van der Waals surface area contributed by atoms with Gasteiger partial charge in [0.25, 0.3) is 0 Å². The predicted octanol–water partition coefficient (Wildman–Crippen LogP) is 1.65. The topological polar surface area (TPSA) is 32.8 Å². The maximum atomic E-state index is 13.2. The summed E-state index contributed by atoms with van der Waals surface area (Å²) in [6.07, 6.45) is 2.91. The van der Waals surface area contributed by atoms with Crippen molar-refractivity contribution in [1.82, 2.24) is 9.80 Å². The highest BCUT2D eigenvalue weighted by Crippen LogP contribution is 2.34. The van der Waals surface area contributed by atoms with Gasteiger partial charge in [0.2, 0.25) is 6.41 Å². The minimum atomic E-state index is -0.200. The summed E-state index contributed by atoms with van der Waals surface area (Å²) in [4.78, 5) is 15.2. The molecule has 0 N–H and O–H groups in total. The van der Waals surface area contributed by atoms with Crippen molar-refractivity contribution in [3.05, 3.63) is 35.6 Å².